The standard InChI is InChI=1S/C17H17F3N2O4S/c1-3-21-27(24,25)11-8-9-15(26-2)12(10-11)16(23)22-14-7-5-4-6-13(14)17(18,19)20/h4-10,21H,3H2,1-2H3,(H,22,23). The van der Waals surface area contributed by atoms with Crippen LogP contribution in [0.25, 0.3) is 0 Å². The van der Waals surface area contributed by atoms with Gasteiger partial charge in [0.2, 0.25) is 10.0 Å². The number of ether oxygens (including phenoxy) is 1. The van der Waals surface area contributed by atoms with E-state index >= 15 is 0 Å². The fourth-order valence-electron chi connectivity index (χ4n) is 2.33. The molecule has 2 aromatic carbocycles. The van der Waals surface area contributed by atoms with Crippen LogP contribution < -0.4 is 14.8 Å². The lowest BCUT2D eigenvalue weighted by molar-refractivity contribution is -0.136. The van der Waals surface area contributed by atoms with Crippen LogP contribution in [0.15, 0.2) is 47.4 Å². The molecule has 0 saturated carbocycles. The molecule has 2 N–H and O–H groups in total. The van der Waals surface area contributed by atoms with Crippen molar-refractivity contribution < 1.29 is 31.1 Å². The van der Waals surface area contributed by atoms with Gasteiger partial charge in [-0.2, -0.15) is 13.2 Å². The van der Waals surface area contributed by atoms with Crippen molar-refractivity contribution in [3.8, 4) is 5.75 Å². The fourth-order valence-corrected chi connectivity index (χ4v) is 3.40. The van der Waals surface area contributed by atoms with Gasteiger partial charge in [0.25, 0.3) is 5.91 Å². The summed E-state index contributed by atoms with van der Waals surface area (Å²) in [6.45, 7) is 1.72. The highest BCUT2D eigenvalue weighted by Crippen LogP contribution is 2.35. The molecule has 0 aliphatic heterocycles. The second kappa shape index (κ2) is 7.97. The molecule has 0 aliphatic carbocycles. The SMILES string of the molecule is CCNS(=O)(=O)c1ccc(OC)c(C(=O)Nc2ccccc2C(F)(F)F)c1. The number of amides is 1. The van der Waals surface area contributed by atoms with E-state index in [9.17, 15) is 26.4 Å². The summed E-state index contributed by atoms with van der Waals surface area (Å²) in [5.74, 6) is -0.912. The third-order valence-electron chi connectivity index (χ3n) is 3.54. The van der Waals surface area contributed by atoms with Crippen LogP contribution in [0.2, 0.25) is 0 Å². The maximum Gasteiger partial charge on any atom is 0.418 e. The zero-order valence-corrected chi connectivity index (χ0v) is 15.2. The summed E-state index contributed by atoms with van der Waals surface area (Å²) in [4.78, 5) is 12.3. The van der Waals surface area contributed by atoms with Crippen molar-refractivity contribution in [3.63, 3.8) is 0 Å². The van der Waals surface area contributed by atoms with Crippen LogP contribution in [-0.2, 0) is 16.2 Å². The number of rotatable bonds is 6. The lowest BCUT2D eigenvalue weighted by Crippen LogP contribution is -2.24. The summed E-state index contributed by atoms with van der Waals surface area (Å²) in [7, 11) is -2.60. The molecule has 0 fully saturated rings. The number of carbonyl (C=O) groups excluding carboxylic acids is 1. The molecule has 1 amide bonds. The third kappa shape index (κ3) is 4.77. The number of anilines is 1. The largest absolute Gasteiger partial charge is 0.496 e. The highest BCUT2D eigenvalue weighted by Gasteiger charge is 2.33. The molecule has 2 aromatic rings. The van der Waals surface area contributed by atoms with Crippen molar-refractivity contribution in [2.75, 3.05) is 19.0 Å². The van der Waals surface area contributed by atoms with Gasteiger partial charge in [0.15, 0.2) is 0 Å². The number of halogens is 3. The van der Waals surface area contributed by atoms with Gasteiger partial charge in [-0.15, -0.1) is 0 Å². The summed E-state index contributed by atoms with van der Waals surface area (Å²) in [6, 6.07) is 8.01. The van der Waals surface area contributed by atoms with Crippen molar-refractivity contribution in [1.82, 2.24) is 4.72 Å². The highest BCUT2D eigenvalue weighted by atomic mass is 32.2. The fraction of sp³-hybridized carbons (Fsp3) is 0.235. The molecule has 2 rings (SSSR count). The molecule has 0 unspecified atom stereocenters. The second-order valence-electron chi connectivity index (χ2n) is 5.36. The van der Waals surface area contributed by atoms with E-state index in [2.05, 4.69) is 10.0 Å². The zero-order valence-electron chi connectivity index (χ0n) is 14.4. The Kier molecular flexibility index (Phi) is 6.11. The quantitative estimate of drug-likeness (QED) is 0.777. The summed E-state index contributed by atoms with van der Waals surface area (Å²) in [5.41, 5.74) is -1.68. The van der Waals surface area contributed by atoms with Gasteiger partial charge in [0.1, 0.15) is 5.75 Å². The van der Waals surface area contributed by atoms with Crippen molar-refractivity contribution in [2.24, 2.45) is 0 Å². The Morgan fingerprint density at radius 3 is 2.41 bits per heavy atom. The van der Waals surface area contributed by atoms with E-state index in [1.807, 2.05) is 0 Å². The molecule has 0 aromatic heterocycles. The molecule has 0 saturated heterocycles. The molecule has 0 aliphatic rings. The number of para-hydroxylation sites is 1. The van der Waals surface area contributed by atoms with E-state index in [0.717, 1.165) is 18.2 Å². The van der Waals surface area contributed by atoms with Gasteiger partial charge in [-0.05, 0) is 30.3 Å². The topological polar surface area (TPSA) is 84.5 Å². The Morgan fingerprint density at radius 1 is 1.15 bits per heavy atom. The van der Waals surface area contributed by atoms with Crippen LogP contribution in [0.4, 0.5) is 18.9 Å². The van der Waals surface area contributed by atoms with Gasteiger partial charge in [0.05, 0.1) is 28.8 Å². The first-order valence-electron chi connectivity index (χ1n) is 7.75. The van der Waals surface area contributed by atoms with Crippen LogP contribution >= 0.6 is 0 Å². The van der Waals surface area contributed by atoms with E-state index < -0.39 is 33.4 Å². The molecular weight excluding hydrogens is 385 g/mol. The van der Waals surface area contributed by atoms with E-state index in [0.29, 0.717) is 0 Å². The molecule has 27 heavy (non-hydrogen) atoms. The molecule has 0 heterocycles. The van der Waals surface area contributed by atoms with Crippen LogP contribution in [0, 0.1) is 0 Å². The Bertz CT molecular complexity index is 943. The number of hydrogen-bond acceptors (Lipinski definition) is 4. The summed E-state index contributed by atoms with van der Waals surface area (Å²) in [6.07, 6.45) is -4.66. The first-order chi connectivity index (χ1) is 12.6. The third-order valence-corrected chi connectivity index (χ3v) is 5.08. The lowest BCUT2D eigenvalue weighted by Gasteiger charge is -2.15. The summed E-state index contributed by atoms with van der Waals surface area (Å²) in [5, 5.41) is 2.16. The predicted molar refractivity (Wildman–Crippen MR) is 93.3 cm³/mol. The smallest absolute Gasteiger partial charge is 0.418 e. The lowest BCUT2D eigenvalue weighted by atomic mass is 10.1. The number of carbonyl (C=O) groups is 1. The highest BCUT2D eigenvalue weighted by molar-refractivity contribution is 7.89. The first kappa shape index (κ1) is 20.7. The van der Waals surface area contributed by atoms with E-state index in [1.54, 1.807) is 6.92 Å². The molecule has 0 atom stereocenters. The van der Waals surface area contributed by atoms with Crippen LogP contribution in [0.5, 0.6) is 5.75 Å². The molecule has 10 heteroatoms. The maximum absolute atomic E-state index is 13.1. The minimum absolute atomic E-state index is 0.0208. The number of hydrogen-bond donors (Lipinski definition) is 2. The van der Waals surface area contributed by atoms with Gasteiger partial charge in [-0.25, -0.2) is 13.1 Å². The number of sulfonamides is 1. The average Bonchev–Trinajstić information content (AvgIpc) is 2.60. The Morgan fingerprint density at radius 2 is 1.81 bits per heavy atom. The molecular formula is C17H17F3N2O4S. The van der Waals surface area contributed by atoms with Gasteiger partial charge in [-0.1, -0.05) is 19.1 Å². The van der Waals surface area contributed by atoms with Crippen LogP contribution in [0.1, 0.15) is 22.8 Å². The zero-order chi connectivity index (χ0) is 20.2. The minimum Gasteiger partial charge on any atom is -0.496 e. The Labute approximate surface area is 154 Å². The monoisotopic (exact) mass is 402 g/mol. The number of alkyl halides is 3. The normalized spacial score (nSPS) is 11.9. The van der Waals surface area contributed by atoms with Crippen molar-refractivity contribution in [3.05, 3.63) is 53.6 Å². The molecule has 0 spiro atoms. The molecule has 0 radical (unpaired) electrons. The van der Waals surface area contributed by atoms with Gasteiger partial charge in [0, 0.05) is 6.54 Å². The summed E-state index contributed by atoms with van der Waals surface area (Å²) < 4.78 is 70.8. The van der Waals surface area contributed by atoms with Crippen molar-refractivity contribution in [1.29, 1.82) is 0 Å². The maximum atomic E-state index is 13.1. The van der Waals surface area contributed by atoms with Gasteiger partial charge in [-0.3, -0.25) is 4.79 Å². The minimum atomic E-state index is -4.66. The number of methoxy groups -OCH3 is 1. The van der Waals surface area contributed by atoms with Gasteiger partial charge < -0.3 is 10.1 Å². The number of benzene rings is 2. The van der Waals surface area contributed by atoms with Crippen molar-refractivity contribution >= 4 is 21.6 Å². The second-order valence-corrected chi connectivity index (χ2v) is 7.13. The van der Waals surface area contributed by atoms with Gasteiger partial charge >= 0.3 is 6.18 Å². The summed E-state index contributed by atoms with van der Waals surface area (Å²) >= 11 is 0. The molecule has 0 bridgehead atoms. The Hall–Kier alpha value is -2.59. The van der Waals surface area contributed by atoms with E-state index in [4.69, 9.17) is 4.74 Å². The number of nitrogens with one attached hydrogen (secondary N) is 2. The van der Waals surface area contributed by atoms with Crippen molar-refractivity contribution in [2.45, 2.75) is 18.0 Å². The van der Waals surface area contributed by atoms with Crippen LogP contribution in [-0.4, -0.2) is 28.0 Å². The van der Waals surface area contributed by atoms with E-state index in [-0.39, 0.29) is 22.8 Å². The predicted octanol–water partition coefficient (Wildman–Crippen LogP) is 3.26. The average molecular weight is 402 g/mol. The van der Waals surface area contributed by atoms with Crippen LogP contribution in [0.3, 0.4) is 0 Å². The molecule has 6 nitrogen and oxygen atoms in total. The molecule has 146 valence electrons. The van der Waals surface area contributed by atoms with E-state index in [1.165, 1.54) is 31.4 Å². The Balaban J connectivity index is 2.45. The first-order valence-corrected chi connectivity index (χ1v) is 9.23.